The maximum Gasteiger partial charge on any atom is 0.130 e. The van der Waals surface area contributed by atoms with Gasteiger partial charge in [-0.2, -0.15) is 0 Å². The van der Waals surface area contributed by atoms with Gasteiger partial charge in [-0.05, 0) is 30.7 Å². The highest BCUT2D eigenvalue weighted by Crippen LogP contribution is 2.28. The fourth-order valence-corrected chi connectivity index (χ4v) is 1.75. The van der Waals surface area contributed by atoms with Crippen molar-refractivity contribution in [1.82, 2.24) is 4.98 Å². The summed E-state index contributed by atoms with van der Waals surface area (Å²) >= 11 is 11.9. The van der Waals surface area contributed by atoms with E-state index in [-0.39, 0.29) is 0 Å². The summed E-state index contributed by atoms with van der Waals surface area (Å²) in [6, 6.07) is 9.34. The largest absolute Gasteiger partial charge is 0.339 e. The van der Waals surface area contributed by atoms with E-state index in [4.69, 9.17) is 23.2 Å². The van der Waals surface area contributed by atoms with E-state index >= 15 is 0 Å². The van der Waals surface area contributed by atoms with Crippen LogP contribution < -0.4 is 5.32 Å². The zero-order chi connectivity index (χ0) is 11.5. The molecular weight excluding hydrogens is 243 g/mol. The highest BCUT2D eigenvalue weighted by Gasteiger charge is 2.04. The van der Waals surface area contributed by atoms with Gasteiger partial charge in [0, 0.05) is 6.20 Å². The Kier molecular flexibility index (Phi) is 3.32. The molecule has 0 amide bonds. The van der Waals surface area contributed by atoms with Crippen molar-refractivity contribution in [3.8, 4) is 0 Å². The van der Waals surface area contributed by atoms with Crippen LogP contribution in [0.4, 0.5) is 11.5 Å². The second-order valence-corrected chi connectivity index (χ2v) is 4.26. The molecule has 0 saturated heterocycles. The third kappa shape index (κ3) is 2.46. The van der Waals surface area contributed by atoms with Crippen LogP contribution in [0.2, 0.25) is 10.0 Å². The van der Waals surface area contributed by atoms with Gasteiger partial charge in [0.25, 0.3) is 0 Å². The molecule has 0 atom stereocenters. The monoisotopic (exact) mass is 252 g/mol. The molecule has 2 nitrogen and oxygen atoms in total. The minimum Gasteiger partial charge on any atom is -0.339 e. The number of nitrogens with zero attached hydrogens (tertiary/aromatic N) is 1. The van der Waals surface area contributed by atoms with Gasteiger partial charge in [-0.1, -0.05) is 35.3 Å². The van der Waals surface area contributed by atoms with Gasteiger partial charge in [0.15, 0.2) is 0 Å². The van der Waals surface area contributed by atoms with Crippen molar-refractivity contribution in [3.63, 3.8) is 0 Å². The van der Waals surface area contributed by atoms with E-state index in [2.05, 4.69) is 10.3 Å². The Balaban J connectivity index is 2.30. The summed E-state index contributed by atoms with van der Waals surface area (Å²) in [5.41, 5.74) is 1.95. The molecule has 0 unspecified atom stereocenters. The fourth-order valence-electron chi connectivity index (χ4n) is 1.37. The van der Waals surface area contributed by atoms with Gasteiger partial charge >= 0.3 is 0 Å². The predicted molar refractivity (Wildman–Crippen MR) is 68.7 cm³/mol. The maximum absolute atomic E-state index is 6.09. The van der Waals surface area contributed by atoms with E-state index in [1.165, 1.54) is 0 Å². The number of rotatable bonds is 2. The second kappa shape index (κ2) is 4.73. The number of pyridine rings is 1. The third-order valence-electron chi connectivity index (χ3n) is 2.20. The Hall–Kier alpha value is -1.25. The molecule has 0 radical (unpaired) electrons. The van der Waals surface area contributed by atoms with Crippen LogP contribution in [-0.4, -0.2) is 4.98 Å². The Morgan fingerprint density at radius 2 is 1.94 bits per heavy atom. The number of anilines is 2. The molecule has 82 valence electrons. The molecule has 0 bridgehead atoms. The molecule has 1 N–H and O–H groups in total. The van der Waals surface area contributed by atoms with E-state index in [1.54, 1.807) is 12.3 Å². The lowest BCUT2D eigenvalue weighted by molar-refractivity contribution is 1.30. The van der Waals surface area contributed by atoms with Gasteiger partial charge in [0.1, 0.15) is 5.82 Å². The molecule has 0 saturated carbocycles. The van der Waals surface area contributed by atoms with Crippen LogP contribution in [0.1, 0.15) is 5.56 Å². The normalized spacial score (nSPS) is 10.2. The van der Waals surface area contributed by atoms with Gasteiger partial charge in [-0.3, -0.25) is 0 Å². The molecule has 0 aliphatic carbocycles. The molecule has 2 aromatic rings. The van der Waals surface area contributed by atoms with E-state index in [0.29, 0.717) is 10.0 Å². The lowest BCUT2D eigenvalue weighted by Gasteiger charge is -2.10. The lowest BCUT2D eigenvalue weighted by atomic mass is 10.2. The molecule has 1 aromatic heterocycles. The summed E-state index contributed by atoms with van der Waals surface area (Å²) in [4.78, 5) is 4.15. The summed E-state index contributed by atoms with van der Waals surface area (Å²) < 4.78 is 0. The number of benzene rings is 1. The number of halogens is 2. The number of para-hydroxylation sites is 1. The summed E-state index contributed by atoms with van der Waals surface area (Å²) in [6.07, 6.45) is 1.59. The van der Waals surface area contributed by atoms with Crippen LogP contribution in [-0.2, 0) is 0 Å². The van der Waals surface area contributed by atoms with Crippen molar-refractivity contribution in [2.24, 2.45) is 0 Å². The predicted octanol–water partition coefficient (Wildman–Crippen LogP) is 4.44. The standard InChI is InChI=1S/C12H10Cl2N2/c1-8-3-2-4-10(14)12(8)16-11-6-5-9(13)7-15-11/h2-7H,1H3,(H,15,16). The van der Waals surface area contributed by atoms with Gasteiger partial charge in [0.05, 0.1) is 15.7 Å². The first-order valence-electron chi connectivity index (χ1n) is 4.80. The molecule has 0 aliphatic rings. The fraction of sp³-hybridized carbons (Fsp3) is 0.0833. The summed E-state index contributed by atoms with van der Waals surface area (Å²) in [5.74, 6) is 0.723. The highest BCUT2D eigenvalue weighted by molar-refractivity contribution is 6.33. The lowest BCUT2D eigenvalue weighted by Crippen LogP contribution is -1.95. The number of aryl methyl sites for hydroxylation is 1. The van der Waals surface area contributed by atoms with Gasteiger partial charge in [-0.25, -0.2) is 4.98 Å². The molecule has 2 rings (SSSR count). The SMILES string of the molecule is Cc1cccc(Cl)c1Nc1ccc(Cl)cn1. The quantitative estimate of drug-likeness (QED) is 0.855. The molecule has 1 heterocycles. The minimum absolute atomic E-state index is 0.612. The van der Waals surface area contributed by atoms with Gasteiger partial charge < -0.3 is 5.32 Å². The molecular formula is C12H10Cl2N2. The van der Waals surface area contributed by atoms with Crippen molar-refractivity contribution < 1.29 is 0 Å². The molecule has 16 heavy (non-hydrogen) atoms. The van der Waals surface area contributed by atoms with Crippen LogP contribution in [0.25, 0.3) is 0 Å². The Morgan fingerprint density at radius 1 is 1.12 bits per heavy atom. The van der Waals surface area contributed by atoms with E-state index < -0.39 is 0 Å². The van der Waals surface area contributed by atoms with Crippen LogP contribution in [0.15, 0.2) is 36.5 Å². The van der Waals surface area contributed by atoms with Crippen LogP contribution in [0.5, 0.6) is 0 Å². The number of nitrogens with one attached hydrogen (secondary N) is 1. The molecule has 1 aromatic carbocycles. The van der Waals surface area contributed by atoms with Gasteiger partial charge in [-0.15, -0.1) is 0 Å². The van der Waals surface area contributed by atoms with Crippen LogP contribution in [0.3, 0.4) is 0 Å². The van der Waals surface area contributed by atoms with E-state index in [1.807, 2.05) is 31.2 Å². The van der Waals surface area contributed by atoms with Crippen molar-refractivity contribution in [1.29, 1.82) is 0 Å². The first-order valence-corrected chi connectivity index (χ1v) is 5.56. The molecule has 0 spiro atoms. The number of aromatic nitrogens is 1. The average molecular weight is 253 g/mol. The number of hydrogen-bond acceptors (Lipinski definition) is 2. The van der Waals surface area contributed by atoms with E-state index in [9.17, 15) is 0 Å². The first kappa shape index (κ1) is 11.2. The van der Waals surface area contributed by atoms with Crippen molar-refractivity contribution >= 4 is 34.7 Å². The molecule has 0 aliphatic heterocycles. The van der Waals surface area contributed by atoms with Crippen LogP contribution >= 0.6 is 23.2 Å². The zero-order valence-electron chi connectivity index (χ0n) is 8.67. The topological polar surface area (TPSA) is 24.9 Å². The average Bonchev–Trinajstić information content (AvgIpc) is 2.26. The minimum atomic E-state index is 0.612. The Morgan fingerprint density at radius 3 is 2.56 bits per heavy atom. The maximum atomic E-state index is 6.09. The zero-order valence-corrected chi connectivity index (χ0v) is 10.2. The highest BCUT2D eigenvalue weighted by atomic mass is 35.5. The van der Waals surface area contributed by atoms with Crippen molar-refractivity contribution in [2.75, 3.05) is 5.32 Å². The van der Waals surface area contributed by atoms with Crippen molar-refractivity contribution in [3.05, 3.63) is 52.1 Å². The Labute approximate surface area is 104 Å². The second-order valence-electron chi connectivity index (χ2n) is 3.42. The first-order chi connectivity index (χ1) is 7.66. The number of hydrogen-bond donors (Lipinski definition) is 1. The summed E-state index contributed by atoms with van der Waals surface area (Å²) in [7, 11) is 0. The third-order valence-corrected chi connectivity index (χ3v) is 2.74. The van der Waals surface area contributed by atoms with E-state index in [0.717, 1.165) is 17.1 Å². The van der Waals surface area contributed by atoms with Gasteiger partial charge in [0.2, 0.25) is 0 Å². The molecule has 4 heteroatoms. The molecule has 0 fully saturated rings. The Bertz CT molecular complexity index is 475. The van der Waals surface area contributed by atoms with Crippen LogP contribution in [0, 0.1) is 6.92 Å². The smallest absolute Gasteiger partial charge is 0.130 e. The summed E-state index contributed by atoms with van der Waals surface area (Å²) in [5, 5.41) is 4.46. The summed E-state index contributed by atoms with van der Waals surface area (Å²) in [6.45, 7) is 1.99. The van der Waals surface area contributed by atoms with Crippen molar-refractivity contribution in [2.45, 2.75) is 6.92 Å².